The zero-order valence-electron chi connectivity index (χ0n) is 6.87. The van der Waals surface area contributed by atoms with E-state index in [0.29, 0.717) is 12.5 Å². The number of amides is 1. The number of carbonyl (C=O) groups excluding carboxylic acids is 1. The average Bonchev–Trinajstić information content (AvgIpc) is 2.12. The molecule has 1 aromatic heterocycles. The Bertz CT molecular complexity index is 322. The van der Waals surface area contributed by atoms with Gasteiger partial charge in [0, 0.05) is 18.7 Å². The molecule has 0 radical (unpaired) electrons. The fourth-order valence-electron chi connectivity index (χ4n) is 1.44. The molecule has 0 aromatic carbocycles. The van der Waals surface area contributed by atoms with Gasteiger partial charge in [-0.1, -0.05) is 6.92 Å². The molecule has 0 fully saturated rings. The third kappa shape index (κ3) is 0.978. The number of fused-ring (bicyclic) bond motifs is 1. The van der Waals surface area contributed by atoms with E-state index in [4.69, 9.17) is 0 Å². The minimum atomic E-state index is -0.00352. The van der Waals surface area contributed by atoms with Gasteiger partial charge in [-0.25, -0.2) is 0 Å². The lowest BCUT2D eigenvalue weighted by molar-refractivity contribution is 0.0940. The fourth-order valence-corrected chi connectivity index (χ4v) is 1.44. The first kappa shape index (κ1) is 7.28. The smallest absolute Gasteiger partial charge is 0.253 e. The van der Waals surface area contributed by atoms with Crippen LogP contribution >= 0.6 is 0 Å². The normalized spacial score (nSPS) is 21.4. The molecule has 1 aliphatic heterocycles. The summed E-state index contributed by atoms with van der Waals surface area (Å²) < 4.78 is 0. The van der Waals surface area contributed by atoms with Crippen LogP contribution in [0.25, 0.3) is 0 Å². The monoisotopic (exact) mass is 162 g/mol. The summed E-state index contributed by atoms with van der Waals surface area (Å²) in [6, 6.07) is 3.60. The van der Waals surface area contributed by atoms with Crippen LogP contribution < -0.4 is 5.32 Å². The topological polar surface area (TPSA) is 42.0 Å². The standard InChI is InChI=1S/C9H10N2O/c1-6-5-11-9(12)7-3-2-4-10-8(6)7/h2-4,6H,5H2,1H3,(H,11,12). The highest BCUT2D eigenvalue weighted by atomic mass is 16.1. The van der Waals surface area contributed by atoms with Crippen LogP contribution in [0.3, 0.4) is 0 Å². The molecule has 1 aliphatic rings. The highest BCUT2D eigenvalue weighted by Gasteiger charge is 2.22. The maximum atomic E-state index is 11.3. The molecule has 0 saturated carbocycles. The van der Waals surface area contributed by atoms with Gasteiger partial charge >= 0.3 is 0 Å². The SMILES string of the molecule is CC1CNC(=O)c2cccnc21. The third-order valence-electron chi connectivity index (χ3n) is 2.12. The van der Waals surface area contributed by atoms with Crippen molar-refractivity contribution in [2.45, 2.75) is 12.8 Å². The van der Waals surface area contributed by atoms with Gasteiger partial charge < -0.3 is 5.32 Å². The highest BCUT2D eigenvalue weighted by molar-refractivity contribution is 5.96. The number of nitrogens with one attached hydrogen (secondary N) is 1. The Morgan fingerprint density at radius 1 is 1.67 bits per heavy atom. The lowest BCUT2D eigenvalue weighted by atomic mass is 9.98. The number of pyridine rings is 1. The molecule has 2 rings (SSSR count). The largest absolute Gasteiger partial charge is 0.351 e. The molecule has 12 heavy (non-hydrogen) atoms. The maximum absolute atomic E-state index is 11.3. The zero-order chi connectivity index (χ0) is 8.55. The Kier molecular flexibility index (Phi) is 1.57. The molecule has 0 spiro atoms. The van der Waals surface area contributed by atoms with Crippen molar-refractivity contribution in [3.8, 4) is 0 Å². The average molecular weight is 162 g/mol. The minimum Gasteiger partial charge on any atom is -0.351 e. The van der Waals surface area contributed by atoms with Crippen LogP contribution in [0.1, 0.15) is 28.9 Å². The van der Waals surface area contributed by atoms with Gasteiger partial charge in [-0.3, -0.25) is 9.78 Å². The third-order valence-corrected chi connectivity index (χ3v) is 2.12. The first-order chi connectivity index (χ1) is 5.79. The van der Waals surface area contributed by atoms with Gasteiger partial charge in [-0.15, -0.1) is 0 Å². The first-order valence-corrected chi connectivity index (χ1v) is 4.02. The number of hydrogen-bond acceptors (Lipinski definition) is 2. The Morgan fingerprint density at radius 3 is 3.25 bits per heavy atom. The first-order valence-electron chi connectivity index (χ1n) is 4.02. The quantitative estimate of drug-likeness (QED) is 0.616. The van der Waals surface area contributed by atoms with Crippen molar-refractivity contribution < 1.29 is 4.79 Å². The summed E-state index contributed by atoms with van der Waals surface area (Å²) in [6.07, 6.45) is 1.73. The predicted molar refractivity (Wildman–Crippen MR) is 45.0 cm³/mol. The lowest BCUT2D eigenvalue weighted by Crippen LogP contribution is -2.34. The fraction of sp³-hybridized carbons (Fsp3) is 0.333. The Balaban J connectivity index is 2.55. The maximum Gasteiger partial charge on any atom is 0.253 e. The summed E-state index contributed by atoms with van der Waals surface area (Å²) in [6.45, 7) is 2.76. The van der Waals surface area contributed by atoms with Crippen molar-refractivity contribution >= 4 is 5.91 Å². The van der Waals surface area contributed by atoms with E-state index < -0.39 is 0 Å². The Morgan fingerprint density at radius 2 is 2.50 bits per heavy atom. The van der Waals surface area contributed by atoms with Gasteiger partial charge in [-0.05, 0) is 12.1 Å². The van der Waals surface area contributed by atoms with E-state index in [1.165, 1.54) is 0 Å². The molecule has 1 N–H and O–H groups in total. The van der Waals surface area contributed by atoms with Gasteiger partial charge in [-0.2, -0.15) is 0 Å². The van der Waals surface area contributed by atoms with Gasteiger partial charge in [0.25, 0.3) is 5.91 Å². The van der Waals surface area contributed by atoms with E-state index >= 15 is 0 Å². The van der Waals surface area contributed by atoms with Gasteiger partial charge in [0.15, 0.2) is 0 Å². The molecular weight excluding hydrogens is 152 g/mol. The second-order valence-electron chi connectivity index (χ2n) is 3.05. The molecule has 1 amide bonds. The van der Waals surface area contributed by atoms with E-state index in [0.717, 1.165) is 11.3 Å². The van der Waals surface area contributed by atoms with Gasteiger partial charge in [0.05, 0.1) is 11.3 Å². The summed E-state index contributed by atoms with van der Waals surface area (Å²) >= 11 is 0. The molecule has 2 heterocycles. The molecule has 0 aliphatic carbocycles. The Labute approximate surface area is 70.8 Å². The van der Waals surface area contributed by atoms with E-state index in [-0.39, 0.29) is 5.91 Å². The second kappa shape index (κ2) is 2.59. The molecule has 0 bridgehead atoms. The van der Waals surface area contributed by atoms with Crippen LogP contribution in [-0.2, 0) is 0 Å². The van der Waals surface area contributed by atoms with Crippen molar-refractivity contribution in [1.29, 1.82) is 0 Å². The Hall–Kier alpha value is -1.38. The van der Waals surface area contributed by atoms with Crippen molar-refractivity contribution in [2.24, 2.45) is 0 Å². The molecule has 1 aromatic rings. The summed E-state index contributed by atoms with van der Waals surface area (Å²) in [7, 11) is 0. The summed E-state index contributed by atoms with van der Waals surface area (Å²) in [5, 5.41) is 2.81. The number of nitrogens with zero attached hydrogens (tertiary/aromatic N) is 1. The van der Waals surface area contributed by atoms with Crippen molar-refractivity contribution in [1.82, 2.24) is 10.3 Å². The van der Waals surface area contributed by atoms with Crippen molar-refractivity contribution in [3.05, 3.63) is 29.6 Å². The predicted octanol–water partition coefficient (Wildman–Crippen LogP) is 0.929. The van der Waals surface area contributed by atoms with Crippen LogP contribution in [0, 0.1) is 0 Å². The molecule has 62 valence electrons. The van der Waals surface area contributed by atoms with Crippen LogP contribution in [0.4, 0.5) is 0 Å². The minimum absolute atomic E-state index is 0.00352. The summed E-state index contributed by atoms with van der Waals surface area (Å²) in [5.41, 5.74) is 1.64. The molecule has 3 nitrogen and oxygen atoms in total. The molecule has 1 atom stereocenters. The summed E-state index contributed by atoms with van der Waals surface area (Å²) in [4.78, 5) is 15.5. The van der Waals surface area contributed by atoms with E-state index in [1.807, 2.05) is 6.07 Å². The van der Waals surface area contributed by atoms with Crippen LogP contribution in [0.5, 0.6) is 0 Å². The second-order valence-corrected chi connectivity index (χ2v) is 3.05. The van der Waals surface area contributed by atoms with Gasteiger partial charge in [0.2, 0.25) is 0 Å². The van der Waals surface area contributed by atoms with Crippen molar-refractivity contribution in [3.63, 3.8) is 0 Å². The van der Waals surface area contributed by atoms with Gasteiger partial charge in [0.1, 0.15) is 0 Å². The molecule has 1 unspecified atom stereocenters. The number of rotatable bonds is 0. The molecule has 3 heteroatoms. The van der Waals surface area contributed by atoms with E-state index in [1.54, 1.807) is 12.3 Å². The van der Waals surface area contributed by atoms with E-state index in [9.17, 15) is 4.79 Å². The van der Waals surface area contributed by atoms with E-state index in [2.05, 4.69) is 17.2 Å². The number of hydrogen-bond donors (Lipinski definition) is 1. The summed E-state index contributed by atoms with van der Waals surface area (Å²) in [5.74, 6) is 0.329. The number of carbonyl (C=O) groups is 1. The molecule has 0 saturated heterocycles. The van der Waals surface area contributed by atoms with Crippen LogP contribution in [0.15, 0.2) is 18.3 Å². The van der Waals surface area contributed by atoms with Crippen LogP contribution in [0.2, 0.25) is 0 Å². The lowest BCUT2D eigenvalue weighted by Gasteiger charge is -2.20. The highest BCUT2D eigenvalue weighted by Crippen LogP contribution is 2.19. The van der Waals surface area contributed by atoms with Crippen molar-refractivity contribution in [2.75, 3.05) is 6.54 Å². The zero-order valence-corrected chi connectivity index (χ0v) is 6.87. The number of aromatic nitrogens is 1. The van der Waals surface area contributed by atoms with Crippen LogP contribution in [-0.4, -0.2) is 17.4 Å². The molecular formula is C9H10N2O.